The third-order valence-corrected chi connectivity index (χ3v) is 7.47. The van der Waals surface area contributed by atoms with Crippen LogP contribution in [0.4, 0.5) is 0 Å². The number of sulfone groups is 1. The number of aromatic nitrogens is 1. The fourth-order valence-corrected chi connectivity index (χ4v) is 5.76. The summed E-state index contributed by atoms with van der Waals surface area (Å²) < 4.78 is 28.5. The number of esters is 1. The van der Waals surface area contributed by atoms with Crippen molar-refractivity contribution in [3.8, 4) is 0 Å². The second-order valence-electron chi connectivity index (χ2n) is 6.25. The van der Waals surface area contributed by atoms with Gasteiger partial charge in [-0.15, -0.1) is 0 Å². The Morgan fingerprint density at radius 1 is 1.41 bits per heavy atom. The molecule has 3 rings (SSSR count). The van der Waals surface area contributed by atoms with E-state index in [1.807, 2.05) is 0 Å². The van der Waals surface area contributed by atoms with E-state index in [1.54, 1.807) is 18.2 Å². The molecule has 3 atom stereocenters. The number of methoxy groups -OCH3 is 1. The standard InChI is InChI=1S/C16H16N2O7S.Na/c1-16(8-11(19)25-2)12(15(21)22)18-13(20)10(14(18)26(16,23)24)7-9-5-3-4-6-17-9;/h3-7,12,14H,8H2,1-2H3,(H,21,22);/q;+1/p-1/b10-7-;/t12-,14+,16-;/m0./s1. The maximum absolute atomic E-state index is 13.0. The molecular weight excluding hydrogens is 387 g/mol. The summed E-state index contributed by atoms with van der Waals surface area (Å²) in [6, 6.07) is 3.11. The molecule has 0 spiro atoms. The summed E-state index contributed by atoms with van der Waals surface area (Å²) in [4.78, 5) is 40.5. The van der Waals surface area contributed by atoms with Crippen molar-refractivity contribution in [2.24, 2.45) is 0 Å². The van der Waals surface area contributed by atoms with E-state index in [-0.39, 0.29) is 35.1 Å². The first-order chi connectivity index (χ1) is 12.1. The number of β-lactam (4-membered cyclic amide) rings is 1. The van der Waals surface area contributed by atoms with E-state index in [4.69, 9.17) is 0 Å². The van der Waals surface area contributed by atoms with Gasteiger partial charge in [0.1, 0.15) is 4.75 Å². The first kappa shape index (κ1) is 21.5. The number of rotatable bonds is 4. The Labute approximate surface area is 177 Å². The van der Waals surface area contributed by atoms with Gasteiger partial charge in [0.2, 0.25) is 0 Å². The van der Waals surface area contributed by atoms with Gasteiger partial charge in [-0.1, -0.05) is 6.07 Å². The summed E-state index contributed by atoms with van der Waals surface area (Å²) in [6.45, 7) is 1.11. The smallest absolute Gasteiger partial charge is 0.548 e. The fourth-order valence-electron chi connectivity index (χ4n) is 3.39. The number of carbonyl (C=O) groups is 3. The van der Waals surface area contributed by atoms with Gasteiger partial charge >= 0.3 is 35.5 Å². The average Bonchev–Trinajstić information content (AvgIpc) is 2.75. The Morgan fingerprint density at radius 2 is 2.07 bits per heavy atom. The van der Waals surface area contributed by atoms with Crippen LogP contribution in [0.3, 0.4) is 0 Å². The number of hydrogen-bond acceptors (Lipinski definition) is 8. The van der Waals surface area contributed by atoms with E-state index in [1.165, 1.54) is 12.3 Å². The third kappa shape index (κ3) is 3.10. The van der Waals surface area contributed by atoms with Crippen molar-refractivity contribution in [2.45, 2.75) is 29.5 Å². The van der Waals surface area contributed by atoms with Crippen molar-refractivity contribution in [3.05, 3.63) is 35.7 Å². The van der Waals surface area contributed by atoms with Crippen LogP contribution in [0.5, 0.6) is 0 Å². The van der Waals surface area contributed by atoms with E-state index in [9.17, 15) is 27.9 Å². The first-order valence-electron chi connectivity index (χ1n) is 7.61. The second kappa shape index (κ2) is 7.34. The van der Waals surface area contributed by atoms with Crippen molar-refractivity contribution >= 4 is 33.8 Å². The van der Waals surface area contributed by atoms with Crippen molar-refractivity contribution in [3.63, 3.8) is 0 Å². The van der Waals surface area contributed by atoms with Gasteiger partial charge in [0.25, 0.3) is 5.91 Å². The summed E-state index contributed by atoms with van der Waals surface area (Å²) in [6.07, 6.45) is 2.07. The molecule has 1 aromatic heterocycles. The average molecular weight is 402 g/mol. The van der Waals surface area contributed by atoms with Crippen LogP contribution in [0.2, 0.25) is 0 Å². The zero-order chi connectivity index (χ0) is 19.3. The van der Waals surface area contributed by atoms with Gasteiger partial charge < -0.3 is 19.5 Å². The molecule has 138 valence electrons. The van der Waals surface area contributed by atoms with E-state index in [0.29, 0.717) is 5.69 Å². The van der Waals surface area contributed by atoms with Crippen LogP contribution in [0.1, 0.15) is 19.0 Å². The maximum atomic E-state index is 13.0. The van der Waals surface area contributed by atoms with E-state index in [0.717, 1.165) is 18.9 Å². The van der Waals surface area contributed by atoms with Crippen LogP contribution in [0, 0.1) is 0 Å². The summed E-state index contributed by atoms with van der Waals surface area (Å²) in [5, 5.41) is 10.2. The summed E-state index contributed by atoms with van der Waals surface area (Å²) >= 11 is 0. The van der Waals surface area contributed by atoms with Gasteiger partial charge in [0, 0.05) is 6.20 Å². The van der Waals surface area contributed by atoms with Crippen molar-refractivity contribution in [1.82, 2.24) is 9.88 Å². The molecule has 0 bridgehead atoms. The molecule has 11 heteroatoms. The number of aliphatic carboxylic acids is 1. The predicted octanol–water partition coefficient (Wildman–Crippen LogP) is -4.49. The number of amides is 1. The number of nitrogens with zero attached hydrogens (tertiary/aromatic N) is 2. The molecule has 1 aromatic rings. The molecule has 2 aliphatic heterocycles. The first-order valence-corrected chi connectivity index (χ1v) is 9.16. The predicted molar refractivity (Wildman–Crippen MR) is 85.6 cm³/mol. The zero-order valence-corrected chi connectivity index (χ0v) is 17.7. The Balaban J connectivity index is 0.00000261. The van der Waals surface area contributed by atoms with Crippen molar-refractivity contribution in [1.29, 1.82) is 0 Å². The summed E-state index contributed by atoms with van der Waals surface area (Å²) in [5.74, 6) is -3.38. The van der Waals surface area contributed by atoms with Crippen LogP contribution in [-0.2, 0) is 29.0 Å². The summed E-state index contributed by atoms with van der Waals surface area (Å²) in [5.41, 5.74) is 0.265. The molecule has 0 aliphatic carbocycles. The quantitative estimate of drug-likeness (QED) is 0.213. The van der Waals surface area contributed by atoms with Gasteiger partial charge in [-0.3, -0.25) is 14.6 Å². The Bertz CT molecular complexity index is 931. The topological polar surface area (TPSA) is 134 Å². The van der Waals surface area contributed by atoms with Crippen molar-refractivity contribution in [2.75, 3.05) is 7.11 Å². The molecule has 2 fully saturated rings. The molecule has 0 saturated carbocycles. The number of hydrogen-bond donors (Lipinski definition) is 0. The van der Waals surface area contributed by atoms with E-state index in [2.05, 4.69) is 9.72 Å². The number of carboxylic acids is 1. The maximum Gasteiger partial charge on any atom is 1.00 e. The minimum atomic E-state index is -4.24. The Hall–Kier alpha value is -1.75. The van der Waals surface area contributed by atoms with Crippen LogP contribution in [0.25, 0.3) is 6.08 Å². The second-order valence-corrected chi connectivity index (χ2v) is 8.72. The number of carbonyl (C=O) groups excluding carboxylic acids is 3. The molecular formula is C16H15N2NaO7S. The van der Waals surface area contributed by atoms with Crippen LogP contribution < -0.4 is 34.7 Å². The number of pyridine rings is 1. The van der Waals surface area contributed by atoms with Crippen molar-refractivity contribution < 1.29 is 62.2 Å². The molecule has 9 nitrogen and oxygen atoms in total. The molecule has 2 aliphatic rings. The molecule has 1 amide bonds. The SMILES string of the molecule is COC(=O)C[C@@]1(C)[C@H](C(=O)[O-])N2C(=O)/C(=C/c3ccccn3)[C@H]2S1(=O)=O.[Na+]. The van der Waals surface area contributed by atoms with Crippen LogP contribution in [0.15, 0.2) is 30.0 Å². The molecule has 0 aromatic carbocycles. The largest absolute Gasteiger partial charge is 1.00 e. The zero-order valence-electron chi connectivity index (χ0n) is 14.9. The van der Waals surface area contributed by atoms with E-state index < -0.39 is 50.3 Å². The normalized spacial score (nSPS) is 29.5. The van der Waals surface area contributed by atoms with Gasteiger partial charge in [-0.05, 0) is 25.1 Å². The van der Waals surface area contributed by atoms with E-state index >= 15 is 0 Å². The van der Waals surface area contributed by atoms with Crippen LogP contribution >= 0.6 is 0 Å². The minimum absolute atomic E-state index is 0. The number of ether oxygens (including phenoxy) is 1. The van der Waals surface area contributed by atoms with Crippen LogP contribution in [-0.4, -0.2) is 59.4 Å². The molecule has 0 radical (unpaired) electrons. The van der Waals surface area contributed by atoms with Gasteiger partial charge in [0.05, 0.1) is 36.8 Å². The molecule has 0 N–H and O–H groups in total. The Morgan fingerprint density at radius 3 is 2.59 bits per heavy atom. The molecule has 2 saturated heterocycles. The Kier molecular flexibility index (Phi) is 5.86. The third-order valence-electron chi connectivity index (χ3n) is 4.74. The van der Waals surface area contributed by atoms with Gasteiger partial charge in [0.15, 0.2) is 15.2 Å². The fraction of sp³-hybridized carbons (Fsp3) is 0.375. The van der Waals surface area contributed by atoms with Gasteiger partial charge in [-0.2, -0.15) is 0 Å². The minimum Gasteiger partial charge on any atom is -0.548 e. The number of carboxylic acid groups (broad SMARTS) is 1. The van der Waals surface area contributed by atoms with Gasteiger partial charge in [-0.25, -0.2) is 8.42 Å². The molecule has 27 heavy (non-hydrogen) atoms. The summed E-state index contributed by atoms with van der Waals surface area (Å²) in [7, 11) is -3.18. The molecule has 3 heterocycles. The monoisotopic (exact) mass is 402 g/mol. The molecule has 0 unspecified atom stereocenters. The number of fused-ring (bicyclic) bond motifs is 1.